The zero-order valence-electron chi connectivity index (χ0n) is 13.2. The standard InChI is InChI=1S/C16H18N4O3S/c1-24-13-6-2-11(3-7-13)18-15(22)17-8-10-9-20(12-4-5-12)16(23)19-14(10)21/h2-3,6-7,9,12H,4-5,8H2,1H3,(H2,17,18,22)(H,19,21,23). The smallest absolute Gasteiger partial charge is 0.328 e. The van der Waals surface area contributed by atoms with Gasteiger partial charge in [0.15, 0.2) is 0 Å². The zero-order valence-corrected chi connectivity index (χ0v) is 14.0. The van der Waals surface area contributed by atoms with Crippen molar-refractivity contribution in [3.63, 3.8) is 0 Å². The number of thioether (sulfide) groups is 1. The number of amides is 2. The Balaban J connectivity index is 1.62. The fraction of sp³-hybridized carbons (Fsp3) is 0.312. The van der Waals surface area contributed by atoms with Crippen LogP contribution in [0.5, 0.6) is 0 Å². The third kappa shape index (κ3) is 3.88. The lowest BCUT2D eigenvalue weighted by molar-refractivity contribution is 0.251. The molecule has 0 spiro atoms. The minimum atomic E-state index is -0.471. The molecule has 2 aromatic rings. The van der Waals surface area contributed by atoms with E-state index in [4.69, 9.17) is 0 Å². The van der Waals surface area contributed by atoms with Gasteiger partial charge in [-0.05, 0) is 43.4 Å². The molecule has 1 aliphatic rings. The Bertz CT molecular complexity index is 853. The topological polar surface area (TPSA) is 96.0 Å². The van der Waals surface area contributed by atoms with Crippen molar-refractivity contribution in [2.75, 3.05) is 11.6 Å². The number of H-pyrrole nitrogens is 1. The Kier molecular flexibility index (Phi) is 4.75. The molecule has 0 saturated heterocycles. The van der Waals surface area contributed by atoms with Crippen LogP contribution in [0.1, 0.15) is 24.4 Å². The zero-order chi connectivity index (χ0) is 17.1. The first-order valence-corrected chi connectivity index (χ1v) is 8.82. The lowest BCUT2D eigenvalue weighted by atomic mass is 10.3. The normalized spacial score (nSPS) is 13.5. The summed E-state index contributed by atoms with van der Waals surface area (Å²) >= 11 is 1.62. The van der Waals surface area contributed by atoms with E-state index in [1.165, 1.54) is 10.8 Å². The van der Waals surface area contributed by atoms with Gasteiger partial charge in [-0.2, -0.15) is 0 Å². The number of nitrogens with one attached hydrogen (secondary N) is 3. The highest BCUT2D eigenvalue weighted by Gasteiger charge is 2.25. The highest BCUT2D eigenvalue weighted by Crippen LogP contribution is 2.32. The number of carbonyl (C=O) groups excluding carboxylic acids is 1. The summed E-state index contributed by atoms with van der Waals surface area (Å²) in [5.74, 6) is 0. The maximum atomic E-state index is 11.9. The number of urea groups is 1. The summed E-state index contributed by atoms with van der Waals surface area (Å²) in [6.45, 7) is 0.0526. The summed E-state index contributed by atoms with van der Waals surface area (Å²) in [5, 5.41) is 5.34. The van der Waals surface area contributed by atoms with Crippen LogP contribution in [0.25, 0.3) is 0 Å². The van der Waals surface area contributed by atoms with Crippen LogP contribution < -0.4 is 21.9 Å². The molecule has 0 bridgehead atoms. The SMILES string of the molecule is CSc1ccc(NC(=O)NCc2cn(C3CC3)c(=O)[nH]c2=O)cc1. The summed E-state index contributed by atoms with van der Waals surface area (Å²) in [5.41, 5.74) is 0.155. The molecule has 1 aliphatic carbocycles. The first-order valence-electron chi connectivity index (χ1n) is 7.60. The molecule has 8 heteroatoms. The molecule has 2 amide bonds. The van der Waals surface area contributed by atoms with Crippen LogP contribution in [0, 0.1) is 0 Å². The first-order chi connectivity index (χ1) is 11.6. The van der Waals surface area contributed by atoms with Crippen LogP contribution in [0.15, 0.2) is 44.9 Å². The second-order valence-electron chi connectivity index (χ2n) is 5.59. The predicted molar refractivity (Wildman–Crippen MR) is 93.7 cm³/mol. The van der Waals surface area contributed by atoms with Crippen molar-refractivity contribution < 1.29 is 4.79 Å². The molecule has 1 fully saturated rings. The van der Waals surface area contributed by atoms with Gasteiger partial charge in [0.2, 0.25) is 0 Å². The van der Waals surface area contributed by atoms with Crippen LogP contribution in [0.3, 0.4) is 0 Å². The molecule has 126 valence electrons. The van der Waals surface area contributed by atoms with Crippen molar-refractivity contribution in [2.24, 2.45) is 0 Å². The van der Waals surface area contributed by atoms with Gasteiger partial charge < -0.3 is 10.6 Å². The maximum absolute atomic E-state index is 11.9. The molecule has 3 rings (SSSR count). The van der Waals surface area contributed by atoms with E-state index in [9.17, 15) is 14.4 Å². The average molecular weight is 346 g/mol. The van der Waals surface area contributed by atoms with Crippen molar-refractivity contribution in [2.45, 2.75) is 30.3 Å². The summed E-state index contributed by atoms with van der Waals surface area (Å²) in [4.78, 5) is 38.9. The van der Waals surface area contributed by atoms with E-state index in [2.05, 4.69) is 15.6 Å². The molecule has 3 N–H and O–H groups in total. The number of aromatic amines is 1. The van der Waals surface area contributed by atoms with Crippen LogP contribution in [-0.2, 0) is 6.54 Å². The number of rotatable bonds is 5. The van der Waals surface area contributed by atoms with Gasteiger partial charge in [0.1, 0.15) is 0 Å². The van der Waals surface area contributed by atoms with E-state index in [0.29, 0.717) is 11.3 Å². The minimum Gasteiger partial charge on any atom is -0.334 e. The van der Waals surface area contributed by atoms with Gasteiger partial charge in [-0.1, -0.05) is 0 Å². The second kappa shape index (κ2) is 6.96. The van der Waals surface area contributed by atoms with E-state index < -0.39 is 17.3 Å². The summed E-state index contributed by atoms with van der Waals surface area (Å²) in [6.07, 6.45) is 5.39. The van der Waals surface area contributed by atoms with Gasteiger partial charge in [-0.15, -0.1) is 11.8 Å². The van der Waals surface area contributed by atoms with Crippen molar-refractivity contribution in [3.8, 4) is 0 Å². The van der Waals surface area contributed by atoms with E-state index in [0.717, 1.165) is 17.7 Å². The number of nitrogens with zero attached hydrogens (tertiary/aromatic N) is 1. The fourth-order valence-electron chi connectivity index (χ4n) is 2.30. The van der Waals surface area contributed by atoms with Gasteiger partial charge in [0.05, 0.1) is 12.1 Å². The number of anilines is 1. The molecule has 7 nitrogen and oxygen atoms in total. The van der Waals surface area contributed by atoms with E-state index in [-0.39, 0.29) is 12.6 Å². The predicted octanol–water partition coefficient (Wildman–Crippen LogP) is 1.92. The molecular weight excluding hydrogens is 328 g/mol. The molecule has 1 aromatic carbocycles. The highest BCUT2D eigenvalue weighted by atomic mass is 32.2. The van der Waals surface area contributed by atoms with Crippen molar-refractivity contribution in [1.29, 1.82) is 0 Å². The monoisotopic (exact) mass is 346 g/mol. The fourth-order valence-corrected chi connectivity index (χ4v) is 2.71. The van der Waals surface area contributed by atoms with Gasteiger partial charge >= 0.3 is 11.7 Å². The molecule has 1 heterocycles. The molecule has 0 radical (unpaired) electrons. The minimum absolute atomic E-state index is 0.0526. The quantitative estimate of drug-likeness (QED) is 0.721. The van der Waals surface area contributed by atoms with E-state index >= 15 is 0 Å². The summed E-state index contributed by atoms with van der Waals surface area (Å²) in [7, 11) is 0. The lowest BCUT2D eigenvalue weighted by Crippen LogP contribution is -2.35. The molecule has 24 heavy (non-hydrogen) atoms. The van der Waals surface area contributed by atoms with Crippen LogP contribution >= 0.6 is 11.8 Å². The number of aromatic nitrogens is 2. The molecule has 0 aliphatic heterocycles. The molecule has 1 saturated carbocycles. The molecular formula is C16H18N4O3S. The van der Waals surface area contributed by atoms with Crippen molar-refractivity contribution in [3.05, 3.63) is 56.9 Å². The van der Waals surface area contributed by atoms with E-state index in [1.54, 1.807) is 11.8 Å². The Morgan fingerprint density at radius 2 is 2.00 bits per heavy atom. The number of benzene rings is 1. The molecule has 0 unspecified atom stereocenters. The molecule has 1 aromatic heterocycles. The number of carbonyl (C=O) groups is 1. The highest BCUT2D eigenvalue weighted by molar-refractivity contribution is 7.98. The summed E-state index contributed by atoms with van der Waals surface area (Å²) < 4.78 is 1.53. The van der Waals surface area contributed by atoms with Crippen LogP contribution in [0.2, 0.25) is 0 Å². The Morgan fingerprint density at radius 3 is 2.62 bits per heavy atom. The Morgan fingerprint density at radius 1 is 1.29 bits per heavy atom. The summed E-state index contributed by atoms with van der Waals surface area (Å²) in [6, 6.07) is 7.21. The maximum Gasteiger partial charge on any atom is 0.328 e. The van der Waals surface area contributed by atoms with Crippen molar-refractivity contribution >= 4 is 23.5 Å². The Labute approximate surface area is 142 Å². The second-order valence-corrected chi connectivity index (χ2v) is 6.47. The van der Waals surface area contributed by atoms with Crippen LogP contribution in [-0.4, -0.2) is 21.8 Å². The van der Waals surface area contributed by atoms with Gasteiger partial charge in [-0.25, -0.2) is 9.59 Å². The first kappa shape index (κ1) is 16.4. The number of hydrogen-bond acceptors (Lipinski definition) is 4. The molecule has 0 atom stereocenters. The van der Waals surface area contributed by atoms with E-state index in [1.807, 2.05) is 30.5 Å². The average Bonchev–Trinajstić information content (AvgIpc) is 3.39. The third-order valence-electron chi connectivity index (χ3n) is 3.77. The Hall–Kier alpha value is -2.48. The van der Waals surface area contributed by atoms with Gasteiger partial charge in [0.25, 0.3) is 5.56 Å². The third-order valence-corrected chi connectivity index (χ3v) is 4.51. The van der Waals surface area contributed by atoms with Gasteiger partial charge in [-0.3, -0.25) is 14.3 Å². The van der Waals surface area contributed by atoms with Crippen molar-refractivity contribution in [1.82, 2.24) is 14.9 Å². The largest absolute Gasteiger partial charge is 0.334 e. The lowest BCUT2D eigenvalue weighted by Gasteiger charge is -2.09. The number of hydrogen-bond donors (Lipinski definition) is 3. The van der Waals surface area contributed by atoms with Gasteiger partial charge in [0, 0.05) is 22.8 Å². The van der Waals surface area contributed by atoms with Crippen LogP contribution in [0.4, 0.5) is 10.5 Å².